The van der Waals surface area contributed by atoms with Gasteiger partial charge in [0.15, 0.2) is 0 Å². The van der Waals surface area contributed by atoms with Gasteiger partial charge in [0.1, 0.15) is 0 Å². The van der Waals surface area contributed by atoms with Crippen LogP contribution in [0.3, 0.4) is 0 Å². The zero-order valence-electron chi connectivity index (χ0n) is 7.40. The minimum Gasteiger partial charge on any atom is -0.399 e. The van der Waals surface area contributed by atoms with E-state index in [1.807, 2.05) is 0 Å². The van der Waals surface area contributed by atoms with E-state index in [9.17, 15) is 8.42 Å². The lowest BCUT2D eigenvalue weighted by Gasteiger charge is -2.07. The molecule has 0 fully saturated rings. The monoisotopic (exact) mass is 201 g/mol. The van der Waals surface area contributed by atoms with Crippen LogP contribution in [-0.4, -0.2) is 13.0 Å². The van der Waals surface area contributed by atoms with E-state index in [0.717, 1.165) is 0 Å². The molecule has 0 saturated carbocycles. The Kier molecular flexibility index (Phi) is 2.32. The van der Waals surface area contributed by atoms with Crippen molar-refractivity contribution in [2.24, 2.45) is 0 Å². The Bertz CT molecular complexity index is 414. The molecule has 1 aromatic rings. The lowest BCUT2D eigenvalue weighted by molar-refractivity contribution is 0.482. The maximum Gasteiger partial charge on any atom is 0.295 e. The summed E-state index contributed by atoms with van der Waals surface area (Å²) in [6.07, 6.45) is 0. The van der Waals surface area contributed by atoms with E-state index in [1.54, 1.807) is 13.8 Å². The molecule has 0 aliphatic rings. The first-order valence-corrected chi connectivity index (χ1v) is 5.10. The molecule has 0 radical (unpaired) electrons. The van der Waals surface area contributed by atoms with E-state index < -0.39 is 10.1 Å². The third-order valence-corrected chi connectivity index (χ3v) is 2.90. The number of hydrogen-bond acceptors (Lipinski definition) is 3. The summed E-state index contributed by atoms with van der Waals surface area (Å²) in [4.78, 5) is -0.0540. The molecular weight excluding hydrogens is 190 g/mol. The van der Waals surface area contributed by atoms with E-state index >= 15 is 0 Å². The summed E-state index contributed by atoms with van der Waals surface area (Å²) in [6, 6.07) is 3.02. The summed E-state index contributed by atoms with van der Waals surface area (Å²) >= 11 is 0. The highest BCUT2D eigenvalue weighted by atomic mass is 32.2. The van der Waals surface area contributed by atoms with E-state index in [1.165, 1.54) is 12.1 Å². The van der Waals surface area contributed by atoms with E-state index in [0.29, 0.717) is 16.8 Å². The fourth-order valence-electron chi connectivity index (χ4n) is 1.39. The number of nitrogen functional groups attached to an aromatic ring is 1. The normalized spacial score (nSPS) is 11.6. The van der Waals surface area contributed by atoms with Gasteiger partial charge in [0.2, 0.25) is 0 Å². The van der Waals surface area contributed by atoms with Crippen LogP contribution < -0.4 is 5.73 Å². The Morgan fingerprint density at radius 2 is 1.62 bits per heavy atom. The van der Waals surface area contributed by atoms with E-state index in [4.69, 9.17) is 10.3 Å². The molecule has 72 valence electrons. The van der Waals surface area contributed by atoms with Crippen molar-refractivity contribution in [3.63, 3.8) is 0 Å². The SMILES string of the molecule is Cc1cc(N)cc(C)c1S(=O)(=O)O. The van der Waals surface area contributed by atoms with Gasteiger partial charge in [-0.2, -0.15) is 8.42 Å². The maximum absolute atomic E-state index is 10.9. The average Bonchev–Trinajstić information content (AvgIpc) is 1.78. The summed E-state index contributed by atoms with van der Waals surface area (Å²) in [6.45, 7) is 3.18. The number of hydrogen-bond donors (Lipinski definition) is 2. The number of nitrogens with two attached hydrogens (primary N) is 1. The largest absolute Gasteiger partial charge is 0.399 e. The first-order chi connectivity index (χ1) is 5.82. The second-order valence-corrected chi connectivity index (χ2v) is 4.32. The van der Waals surface area contributed by atoms with Gasteiger partial charge < -0.3 is 5.73 Å². The van der Waals surface area contributed by atoms with Crippen LogP contribution in [-0.2, 0) is 10.1 Å². The van der Waals surface area contributed by atoms with Crippen molar-refractivity contribution in [1.29, 1.82) is 0 Å². The summed E-state index contributed by atoms with van der Waals surface area (Å²) in [5.41, 5.74) is 6.90. The topological polar surface area (TPSA) is 80.4 Å². The Morgan fingerprint density at radius 1 is 1.23 bits per heavy atom. The fourth-order valence-corrected chi connectivity index (χ4v) is 2.32. The summed E-state index contributed by atoms with van der Waals surface area (Å²) in [7, 11) is -4.14. The van der Waals surface area contributed by atoms with E-state index in [2.05, 4.69) is 0 Å². The Morgan fingerprint density at radius 3 is 1.92 bits per heavy atom. The second-order valence-electron chi connectivity index (χ2n) is 2.96. The Hall–Kier alpha value is -1.07. The molecule has 3 N–H and O–H groups in total. The van der Waals surface area contributed by atoms with Crippen LogP contribution >= 0.6 is 0 Å². The van der Waals surface area contributed by atoms with Crippen molar-refractivity contribution < 1.29 is 13.0 Å². The van der Waals surface area contributed by atoms with Gasteiger partial charge in [0, 0.05) is 5.69 Å². The van der Waals surface area contributed by atoms with Gasteiger partial charge in [-0.1, -0.05) is 0 Å². The van der Waals surface area contributed by atoms with Gasteiger partial charge in [-0.05, 0) is 37.1 Å². The van der Waals surface area contributed by atoms with Crippen LogP contribution in [0.2, 0.25) is 0 Å². The van der Waals surface area contributed by atoms with E-state index in [-0.39, 0.29) is 4.90 Å². The molecule has 0 aliphatic heterocycles. The molecule has 5 heteroatoms. The Balaban J connectivity index is 3.57. The molecule has 0 unspecified atom stereocenters. The van der Waals surface area contributed by atoms with Crippen molar-refractivity contribution >= 4 is 15.8 Å². The van der Waals surface area contributed by atoms with Crippen LogP contribution in [0, 0.1) is 13.8 Å². The summed E-state index contributed by atoms with van der Waals surface area (Å²) < 4.78 is 30.7. The third kappa shape index (κ3) is 1.99. The molecule has 0 spiro atoms. The zero-order valence-corrected chi connectivity index (χ0v) is 8.22. The minimum atomic E-state index is -4.14. The second kappa shape index (κ2) is 3.01. The number of aryl methyl sites for hydroxylation is 2. The van der Waals surface area contributed by atoms with Gasteiger partial charge in [-0.3, -0.25) is 4.55 Å². The molecular formula is C8H11NO3S. The number of benzene rings is 1. The highest BCUT2D eigenvalue weighted by Gasteiger charge is 2.16. The Labute approximate surface area is 77.1 Å². The average molecular weight is 201 g/mol. The van der Waals surface area contributed by atoms with Crippen molar-refractivity contribution in [3.05, 3.63) is 23.3 Å². The molecule has 0 saturated heterocycles. The first kappa shape index (κ1) is 10.0. The standard InChI is InChI=1S/C8H11NO3S/c1-5-3-7(9)4-6(2)8(5)13(10,11)12/h3-4H,9H2,1-2H3,(H,10,11,12). The van der Waals surface area contributed by atoms with Crippen LogP contribution in [0.1, 0.15) is 11.1 Å². The van der Waals surface area contributed by atoms with Crippen molar-refractivity contribution in [3.8, 4) is 0 Å². The third-order valence-electron chi connectivity index (χ3n) is 1.74. The van der Waals surface area contributed by atoms with Gasteiger partial charge in [-0.25, -0.2) is 0 Å². The smallest absolute Gasteiger partial charge is 0.295 e. The van der Waals surface area contributed by atoms with Crippen molar-refractivity contribution in [2.45, 2.75) is 18.7 Å². The van der Waals surface area contributed by atoms with Crippen LogP contribution in [0.25, 0.3) is 0 Å². The number of anilines is 1. The molecule has 0 atom stereocenters. The lowest BCUT2D eigenvalue weighted by Crippen LogP contribution is -2.04. The zero-order chi connectivity index (χ0) is 10.2. The molecule has 1 rings (SSSR count). The summed E-state index contributed by atoms with van der Waals surface area (Å²) in [5.74, 6) is 0. The quantitative estimate of drug-likeness (QED) is 0.527. The molecule has 0 aromatic heterocycles. The van der Waals surface area contributed by atoms with Gasteiger partial charge in [-0.15, -0.1) is 0 Å². The highest BCUT2D eigenvalue weighted by molar-refractivity contribution is 7.86. The minimum absolute atomic E-state index is 0.0540. The predicted octanol–water partition coefficient (Wildman–Crippen LogP) is 1.13. The molecule has 13 heavy (non-hydrogen) atoms. The molecule has 0 heterocycles. The van der Waals surface area contributed by atoms with Crippen molar-refractivity contribution in [2.75, 3.05) is 5.73 Å². The first-order valence-electron chi connectivity index (χ1n) is 3.66. The van der Waals surface area contributed by atoms with Crippen LogP contribution in [0.15, 0.2) is 17.0 Å². The molecule has 1 aromatic carbocycles. The highest BCUT2D eigenvalue weighted by Crippen LogP contribution is 2.22. The van der Waals surface area contributed by atoms with Crippen LogP contribution in [0.5, 0.6) is 0 Å². The molecule has 0 aliphatic carbocycles. The number of rotatable bonds is 1. The van der Waals surface area contributed by atoms with Gasteiger partial charge in [0.05, 0.1) is 4.90 Å². The van der Waals surface area contributed by atoms with Crippen LogP contribution in [0.4, 0.5) is 5.69 Å². The van der Waals surface area contributed by atoms with Gasteiger partial charge >= 0.3 is 0 Å². The lowest BCUT2D eigenvalue weighted by atomic mass is 10.1. The fraction of sp³-hybridized carbons (Fsp3) is 0.250. The summed E-state index contributed by atoms with van der Waals surface area (Å²) in [5, 5.41) is 0. The van der Waals surface area contributed by atoms with Crippen molar-refractivity contribution in [1.82, 2.24) is 0 Å². The molecule has 0 amide bonds. The van der Waals surface area contributed by atoms with Gasteiger partial charge in [0.25, 0.3) is 10.1 Å². The maximum atomic E-state index is 10.9. The molecule has 4 nitrogen and oxygen atoms in total. The molecule has 0 bridgehead atoms. The predicted molar refractivity (Wildman–Crippen MR) is 50.1 cm³/mol.